The van der Waals surface area contributed by atoms with Gasteiger partial charge >= 0.3 is 5.97 Å². The first-order chi connectivity index (χ1) is 8.58. The van der Waals surface area contributed by atoms with Crippen molar-refractivity contribution < 1.29 is 9.90 Å². The van der Waals surface area contributed by atoms with Crippen LogP contribution >= 0.6 is 33.9 Å². The Labute approximate surface area is 121 Å². The van der Waals surface area contributed by atoms with Crippen molar-refractivity contribution in [3.8, 4) is 11.4 Å². The second kappa shape index (κ2) is 5.74. The van der Waals surface area contributed by atoms with Crippen molar-refractivity contribution >= 4 is 39.9 Å². The highest BCUT2D eigenvalue weighted by molar-refractivity contribution is 14.1. The lowest BCUT2D eigenvalue weighted by atomic mass is 10.1. The van der Waals surface area contributed by atoms with Gasteiger partial charge in [0.25, 0.3) is 0 Å². The van der Waals surface area contributed by atoms with Gasteiger partial charge in [0.2, 0.25) is 0 Å². The van der Waals surface area contributed by atoms with E-state index in [1.165, 1.54) is 0 Å². The Balaban J connectivity index is 2.11. The highest BCUT2D eigenvalue weighted by Crippen LogP contribution is 2.24. The lowest BCUT2D eigenvalue weighted by Gasteiger charge is -2.06. The zero-order chi connectivity index (χ0) is 13.1. The van der Waals surface area contributed by atoms with E-state index in [2.05, 4.69) is 38.1 Å². The van der Waals surface area contributed by atoms with E-state index >= 15 is 0 Å². The number of hydrogen-bond acceptors (Lipinski definition) is 5. The molecule has 1 atom stereocenters. The van der Waals surface area contributed by atoms with E-state index in [4.69, 9.17) is 5.11 Å². The molecule has 1 N–H and O–H groups in total. The van der Waals surface area contributed by atoms with Crippen LogP contribution in [-0.2, 0) is 11.3 Å². The van der Waals surface area contributed by atoms with E-state index < -0.39 is 11.9 Å². The summed E-state index contributed by atoms with van der Waals surface area (Å²) in [6, 6.07) is 2.01. The van der Waals surface area contributed by atoms with Gasteiger partial charge in [-0.15, -0.1) is 16.4 Å². The van der Waals surface area contributed by atoms with Gasteiger partial charge < -0.3 is 5.11 Å². The Morgan fingerprint density at radius 1 is 1.67 bits per heavy atom. The average Bonchev–Trinajstić information content (AvgIpc) is 2.93. The molecule has 0 aliphatic heterocycles. The molecule has 0 saturated carbocycles. The Bertz CT molecular complexity index is 554. The van der Waals surface area contributed by atoms with Crippen molar-refractivity contribution in [2.24, 2.45) is 5.92 Å². The molecule has 18 heavy (non-hydrogen) atoms. The summed E-state index contributed by atoms with van der Waals surface area (Å²) in [6.45, 7) is 2.18. The van der Waals surface area contributed by atoms with Gasteiger partial charge in [0.1, 0.15) is 0 Å². The molecular weight excluding hydrogens is 367 g/mol. The number of nitrogens with zero attached hydrogens (tertiary/aromatic N) is 4. The molecule has 0 bridgehead atoms. The highest BCUT2D eigenvalue weighted by Gasteiger charge is 2.14. The molecule has 0 saturated heterocycles. The number of aromatic nitrogens is 4. The van der Waals surface area contributed by atoms with Crippen LogP contribution < -0.4 is 0 Å². The predicted molar refractivity (Wildman–Crippen MR) is 75.3 cm³/mol. The zero-order valence-corrected chi connectivity index (χ0v) is 12.6. The van der Waals surface area contributed by atoms with Crippen LogP contribution in [0.3, 0.4) is 0 Å². The molecule has 0 aromatic carbocycles. The summed E-state index contributed by atoms with van der Waals surface area (Å²) in [7, 11) is 0. The minimum Gasteiger partial charge on any atom is -0.481 e. The second-order valence-corrected chi connectivity index (χ2v) is 6.70. The predicted octanol–water partition coefficient (Wildman–Crippen LogP) is 2.12. The molecule has 2 heterocycles. The van der Waals surface area contributed by atoms with Gasteiger partial charge in [0.15, 0.2) is 5.82 Å². The maximum absolute atomic E-state index is 10.8. The maximum atomic E-state index is 10.8. The van der Waals surface area contributed by atoms with Gasteiger partial charge in [-0.05, 0) is 45.5 Å². The Hall–Kier alpha value is -1.03. The third-order valence-corrected chi connectivity index (χ3v) is 4.34. The van der Waals surface area contributed by atoms with E-state index in [0.29, 0.717) is 18.8 Å². The van der Waals surface area contributed by atoms with Crippen molar-refractivity contribution in [3.63, 3.8) is 0 Å². The summed E-state index contributed by atoms with van der Waals surface area (Å²) in [6.07, 6.45) is 0.509. The maximum Gasteiger partial charge on any atom is 0.306 e. The lowest BCUT2D eigenvalue weighted by molar-refractivity contribution is -0.141. The molecule has 2 aromatic rings. The number of carboxylic acid groups (broad SMARTS) is 1. The molecule has 2 aromatic heterocycles. The standard InChI is InChI=1S/C10H11IN4O2S/c1-6(10(16)17)2-3-15-9(12-13-14-15)7-4-8(11)18-5-7/h4-6H,2-3H2,1H3,(H,16,17). The molecule has 2 rings (SSSR count). The summed E-state index contributed by atoms with van der Waals surface area (Å²) in [4.78, 5) is 10.8. The SMILES string of the molecule is CC(CCn1nnnc1-c1csc(I)c1)C(=O)O. The number of carbonyl (C=O) groups is 1. The van der Waals surface area contributed by atoms with Crippen LogP contribution in [0.25, 0.3) is 11.4 Å². The Morgan fingerprint density at radius 2 is 2.44 bits per heavy atom. The number of halogens is 1. The van der Waals surface area contributed by atoms with Crippen LogP contribution in [0, 0.1) is 8.80 Å². The fraction of sp³-hybridized carbons (Fsp3) is 0.400. The van der Waals surface area contributed by atoms with E-state index in [1.54, 1.807) is 22.9 Å². The minimum absolute atomic E-state index is 0.398. The van der Waals surface area contributed by atoms with Crippen LogP contribution in [-0.4, -0.2) is 31.3 Å². The summed E-state index contributed by atoms with van der Waals surface area (Å²) >= 11 is 3.87. The van der Waals surface area contributed by atoms with Gasteiger partial charge in [0, 0.05) is 17.5 Å². The van der Waals surface area contributed by atoms with E-state index in [0.717, 1.165) is 8.45 Å². The summed E-state index contributed by atoms with van der Waals surface area (Å²) in [5.41, 5.74) is 0.970. The average molecular weight is 378 g/mol. The van der Waals surface area contributed by atoms with Crippen LogP contribution in [0.15, 0.2) is 11.4 Å². The van der Waals surface area contributed by atoms with Gasteiger partial charge in [-0.25, -0.2) is 4.68 Å². The quantitative estimate of drug-likeness (QED) is 0.807. The largest absolute Gasteiger partial charge is 0.481 e. The summed E-state index contributed by atoms with van der Waals surface area (Å²) in [5.74, 6) is -0.508. The fourth-order valence-electron chi connectivity index (χ4n) is 1.43. The molecule has 0 aliphatic rings. The summed E-state index contributed by atoms with van der Waals surface area (Å²) < 4.78 is 2.81. The van der Waals surface area contributed by atoms with Gasteiger partial charge in [-0.3, -0.25) is 4.79 Å². The number of aryl methyl sites for hydroxylation is 1. The lowest BCUT2D eigenvalue weighted by Crippen LogP contribution is -2.13. The molecule has 6 nitrogen and oxygen atoms in total. The molecule has 0 spiro atoms. The number of rotatable bonds is 5. The van der Waals surface area contributed by atoms with Crippen molar-refractivity contribution in [2.45, 2.75) is 19.9 Å². The first-order valence-corrected chi connectivity index (χ1v) is 7.27. The minimum atomic E-state index is -0.797. The second-order valence-electron chi connectivity index (χ2n) is 3.89. The number of carboxylic acids is 1. The van der Waals surface area contributed by atoms with Crippen LogP contribution in [0.1, 0.15) is 13.3 Å². The topological polar surface area (TPSA) is 80.9 Å². The third-order valence-electron chi connectivity index (χ3n) is 2.55. The first-order valence-electron chi connectivity index (χ1n) is 5.31. The van der Waals surface area contributed by atoms with E-state index in [9.17, 15) is 4.79 Å². The third kappa shape index (κ3) is 3.05. The fourth-order valence-corrected chi connectivity index (χ4v) is 2.75. The smallest absolute Gasteiger partial charge is 0.306 e. The van der Waals surface area contributed by atoms with Crippen molar-refractivity contribution in [1.82, 2.24) is 20.2 Å². The van der Waals surface area contributed by atoms with Gasteiger partial charge in [0.05, 0.1) is 8.80 Å². The summed E-state index contributed by atoms with van der Waals surface area (Å²) in [5, 5.41) is 22.4. The molecule has 0 radical (unpaired) electrons. The van der Waals surface area contributed by atoms with Crippen LogP contribution in [0.5, 0.6) is 0 Å². The first kappa shape index (κ1) is 13.4. The van der Waals surface area contributed by atoms with Crippen molar-refractivity contribution in [1.29, 1.82) is 0 Å². The zero-order valence-electron chi connectivity index (χ0n) is 9.58. The molecule has 96 valence electrons. The molecule has 1 unspecified atom stereocenters. The van der Waals surface area contributed by atoms with Crippen molar-refractivity contribution in [2.75, 3.05) is 0 Å². The van der Waals surface area contributed by atoms with E-state index in [1.807, 2.05) is 11.4 Å². The number of thiophene rings is 1. The van der Waals surface area contributed by atoms with Crippen LogP contribution in [0.4, 0.5) is 0 Å². The monoisotopic (exact) mass is 378 g/mol. The number of tetrazole rings is 1. The molecule has 8 heteroatoms. The number of aliphatic carboxylic acids is 1. The van der Waals surface area contributed by atoms with Crippen molar-refractivity contribution in [3.05, 3.63) is 14.3 Å². The molecule has 0 aliphatic carbocycles. The highest BCUT2D eigenvalue weighted by atomic mass is 127. The number of hydrogen-bond donors (Lipinski definition) is 1. The molecular formula is C10H11IN4O2S. The Kier molecular flexibility index (Phi) is 4.27. The van der Waals surface area contributed by atoms with Crippen LogP contribution in [0.2, 0.25) is 0 Å². The van der Waals surface area contributed by atoms with E-state index in [-0.39, 0.29) is 0 Å². The van der Waals surface area contributed by atoms with Gasteiger partial charge in [-0.2, -0.15) is 0 Å². The normalized spacial score (nSPS) is 12.6. The molecule has 0 amide bonds. The Morgan fingerprint density at radius 3 is 3.06 bits per heavy atom. The van der Waals surface area contributed by atoms with Gasteiger partial charge in [-0.1, -0.05) is 6.92 Å². The molecule has 0 fully saturated rings.